The number of nitrogens with one attached hydrogen (secondary N) is 1. The molecule has 0 aromatic heterocycles. The van der Waals surface area contributed by atoms with Crippen LogP contribution in [0.5, 0.6) is 11.5 Å². The van der Waals surface area contributed by atoms with Crippen molar-refractivity contribution in [1.29, 1.82) is 0 Å². The molecule has 20 heavy (non-hydrogen) atoms. The molecule has 5 nitrogen and oxygen atoms in total. The molecule has 1 heterocycles. The van der Waals surface area contributed by atoms with Gasteiger partial charge in [0.25, 0.3) is 5.91 Å². The molecule has 1 aromatic rings. The van der Waals surface area contributed by atoms with Crippen molar-refractivity contribution >= 4 is 18.3 Å². The molecule has 3 N–H and O–H groups in total. The number of amides is 1. The zero-order valence-corrected chi connectivity index (χ0v) is 11.9. The topological polar surface area (TPSA) is 73.6 Å². The van der Waals surface area contributed by atoms with Crippen molar-refractivity contribution in [3.8, 4) is 11.5 Å². The van der Waals surface area contributed by atoms with Gasteiger partial charge < -0.3 is 20.5 Å². The summed E-state index contributed by atoms with van der Waals surface area (Å²) in [6.45, 7) is 0.744. The molecule has 1 unspecified atom stereocenters. The Kier molecular flexibility index (Phi) is 4.40. The smallest absolute Gasteiger partial charge is 0.264 e. The molecule has 0 radical (unpaired) electrons. The molecule has 110 valence electrons. The van der Waals surface area contributed by atoms with Gasteiger partial charge >= 0.3 is 0 Å². The molecular weight excluding hydrogens is 280 g/mol. The molecule has 3 rings (SSSR count). The van der Waals surface area contributed by atoms with Gasteiger partial charge in [-0.25, -0.2) is 0 Å². The Morgan fingerprint density at radius 3 is 2.70 bits per heavy atom. The van der Waals surface area contributed by atoms with Crippen LogP contribution < -0.4 is 20.5 Å². The van der Waals surface area contributed by atoms with Gasteiger partial charge in [-0.15, -0.1) is 12.4 Å². The zero-order chi connectivity index (χ0) is 13.3. The molecular formula is C14H19ClN2O3. The summed E-state index contributed by atoms with van der Waals surface area (Å²) >= 11 is 0. The minimum atomic E-state index is -0.599. The summed E-state index contributed by atoms with van der Waals surface area (Å²) in [6.07, 6.45) is 2.48. The van der Waals surface area contributed by atoms with Gasteiger partial charge in [0.15, 0.2) is 11.5 Å². The van der Waals surface area contributed by atoms with E-state index < -0.39 is 6.10 Å². The normalized spacial score (nSPS) is 22.1. The van der Waals surface area contributed by atoms with Gasteiger partial charge in [0.2, 0.25) is 6.10 Å². The van der Waals surface area contributed by atoms with Crippen LogP contribution in [-0.4, -0.2) is 30.7 Å². The minimum absolute atomic E-state index is 0. The summed E-state index contributed by atoms with van der Waals surface area (Å²) in [5.41, 5.74) is 5.85. The van der Waals surface area contributed by atoms with Crippen LogP contribution in [0.3, 0.4) is 0 Å². The number of carbonyl (C=O) groups excluding carboxylic acids is 1. The Labute approximate surface area is 124 Å². The van der Waals surface area contributed by atoms with Gasteiger partial charge in [0.1, 0.15) is 6.61 Å². The number of nitrogens with two attached hydrogens (primary N) is 1. The second-order valence-electron chi connectivity index (χ2n) is 5.30. The van der Waals surface area contributed by atoms with Gasteiger partial charge in [-0.3, -0.25) is 4.79 Å². The van der Waals surface area contributed by atoms with Crippen molar-refractivity contribution in [3.05, 3.63) is 24.3 Å². The molecule has 1 fully saturated rings. The Hall–Kier alpha value is -1.46. The highest BCUT2D eigenvalue weighted by Crippen LogP contribution is 2.31. The van der Waals surface area contributed by atoms with Crippen molar-refractivity contribution in [3.63, 3.8) is 0 Å². The van der Waals surface area contributed by atoms with Crippen molar-refractivity contribution in [1.82, 2.24) is 5.32 Å². The predicted octanol–water partition coefficient (Wildman–Crippen LogP) is 1.25. The highest BCUT2D eigenvalue weighted by Gasteiger charge is 2.34. The average Bonchev–Trinajstić information content (AvgIpc) is 2.42. The molecule has 1 saturated carbocycles. The summed E-state index contributed by atoms with van der Waals surface area (Å²) < 4.78 is 11.1. The Balaban J connectivity index is 0.00000147. The lowest BCUT2D eigenvalue weighted by Crippen LogP contribution is -2.57. The first kappa shape index (κ1) is 14.9. The van der Waals surface area contributed by atoms with Crippen LogP contribution in [0.4, 0.5) is 0 Å². The van der Waals surface area contributed by atoms with E-state index in [-0.39, 0.29) is 30.5 Å². The first-order valence-corrected chi connectivity index (χ1v) is 6.61. The number of hydrogen-bond acceptors (Lipinski definition) is 4. The monoisotopic (exact) mass is 298 g/mol. The van der Waals surface area contributed by atoms with E-state index in [4.69, 9.17) is 15.2 Å². The maximum absolute atomic E-state index is 12.0. The van der Waals surface area contributed by atoms with Crippen LogP contribution in [0, 0.1) is 0 Å². The van der Waals surface area contributed by atoms with E-state index in [1.54, 1.807) is 6.07 Å². The van der Waals surface area contributed by atoms with E-state index >= 15 is 0 Å². The van der Waals surface area contributed by atoms with E-state index in [0.29, 0.717) is 18.0 Å². The van der Waals surface area contributed by atoms with E-state index in [1.807, 2.05) is 18.2 Å². The van der Waals surface area contributed by atoms with Gasteiger partial charge in [-0.05, 0) is 31.4 Å². The van der Waals surface area contributed by atoms with Crippen molar-refractivity contribution < 1.29 is 14.3 Å². The van der Waals surface area contributed by atoms with Crippen molar-refractivity contribution in [2.24, 2.45) is 5.73 Å². The number of rotatable bonds is 3. The Morgan fingerprint density at radius 1 is 1.35 bits per heavy atom. The summed E-state index contributed by atoms with van der Waals surface area (Å²) in [5, 5.41) is 2.86. The van der Waals surface area contributed by atoms with Gasteiger partial charge in [0, 0.05) is 12.1 Å². The minimum Gasteiger partial charge on any atom is -0.485 e. The largest absolute Gasteiger partial charge is 0.485 e. The second-order valence-corrected chi connectivity index (χ2v) is 5.30. The summed E-state index contributed by atoms with van der Waals surface area (Å²) in [4.78, 5) is 12.0. The standard InChI is InChI=1S/C14H18N2O3.ClH/c15-14(6-3-7-14)9-16-13(17)12-8-18-10-4-1-2-5-11(10)19-12;/h1-2,4-5,12H,3,6-9,15H2,(H,16,17);1H. The number of benzene rings is 1. The molecule has 1 aromatic carbocycles. The van der Waals surface area contributed by atoms with Gasteiger partial charge in [0.05, 0.1) is 0 Å². The van der Waals surface area contributed by atoms with Gasteiger partial charge in [-0.1, -0.05) is 12.1 Å². The predicted molar refractivity (Wildman–Crippen MR) is 77.4 cm³/mol. The lowest BCUT2D eigenvalue weighted by molar-refractivity contribution is -0.130. The average molecular weight is 299 g/mol. The zero-order valence-electron chi connectivity index (χ0n) is 11.1. The summed E-state index contributed by atoms with van der Waals surface area (Å²) in [5.74, 6) is 1.13. The molecule has 1 aliphatic carbocycles. The first-order valence-electron chi connectivity index (χ1n) is 6.61. The third-order valence-corrected chi connectivity index (χ3v) is 3.77. The lowest BCUT2D eigenvalue weighted by atomic mass is 9.78. The molecule has 0 saturated heterocycles. The van der Waals surface area contributed by atoms with Crippen LogP contribution in [0.2, 0.25) is 0 Å². The van der Waals surface area contributed by atoms with Crippen molar-refractivity contribution in [2.45, 2.75) is 30.9 Å². The van der Waals surface area contributed by atoms with Gasteiger partial charge in [-0.2, -0.15) is 0 Å². The van der Waals surface area contributed by atoms with Crippen LogP contribution >= 0.6 is 12.4 Å². The highest BCUT2D eigenvalue weighted by molar-refractivity contribution is 5.85. The third kappa shape index (κ3) is 2.99. The number of fused-ring (bicyclic) bond motifs is 1. The van der Waals surface area contributed by atoms with E-state index in [9.17, 15) is 4.79 Å². The maximum Gasteiger partial charge on any atom is 0.264 e. The van der Waals surface area contributed by atoms with Crippen LogP contribution in [-0.2, 0) is 4.79 Å². The number of para-hydroxylation sites is 2. The van der Waals surface area contributed by atoms with E-state index in [0.717, 1.165) is 19.3 Å². The SMILES string of the molecule is Cl.NC1(CNC(=O)C2COc3ccccc3O2)CCC1. The number of carbonyl (C=O) groups is 1. The Morgan fingerprint density at radius 2 is 2.05 bits per heavy atom. The molecule has 1 atom stereocenters. The molecule has 0 bridgehead atoms. The molecule has 0 spiro atoms. The molecule has 6 heteroatoms. The fourth-order valence-electron chi connectivity index (χ4n) is 2.33. The number of hydrogen-bond donors (Lipinski definition) is 2. The summed E-state index contributed by atoms with van der Waals surface area (Å²) in [7, 11) is 0. The molecule has 1 aliphatic heterocycles. The molecule has 1 amide bonds. The van der Waals surface area contributed by atoms with E-state index in [2.05, 4.69) is 5.32 Å². The second kappa shape index (κ2) is 5.89. The molecule has 2 aliphatic rings. The van der Waals surface area contributed by atoms with E-state index in [1.165, 1.54) is 0 Å². The van der Waals surface area contributed by atoms with Crippen LogP contribution in [0.25, 0.3) is 0 Å². The highest BCUT2D eigenvalue weighted by atomic mass is 35.5. The third-order valence-electron chi connectivity index (χ3n) is 3.77. The number of ether oxygens (including phenoxy) is 2. The fourth-order valence-corrected chi connectivity index (χ4v) is 2.33. The van der Waals surface area contributed by atoms with Crippen LogP contribution in [0.15, 0.2) is 24.3 Å². The quantitative estimate of drug-likeness (QED) is 0.881. The van der Waals surface area contributed by atoms with Crippen LogP contribution in [0.1, 0.15) is 19.3 Å². The number of halogens is 1. The summed E-state index contributed by atoms with van der Waals surface area (Å²) in [6, 6.07) is 7.35. The first-order chi connectivity index (χ1) is 9.16. The fraction of sp³-hybridized carbons (Fsp3) is 0.500. The van der Waals surface area contributed by atoms with Crippen molar-refractivity contribution in [2.75, 3.05) is 13.2 Å². The lowest BCUT2D eigenvalue weighted by Gasteiger charge is -2.38. The maximum atomic E-state index is 12.0. The Bertz CT molecular complexity index is 491.